The summed E-state index contributed by atoms with van der Waals surface area (Å²) in [5, 5.41) is 11.8. The number of amides is 1. The molecule has 2 saturated carbocycles. The SMILES string of the molecule is N=C(N)c1ccc2c(c1)N(Cc1ccc(-c3ccccc3)cc1)C(C(=O)N[C@H]1CC[C@H](N)CC1)(C1CCCCCCCCC1)C2. The minimum absolute atomic E-state index is 0.0594. The van der Waals surface area contributed by atoms with E-state index in [1.54, 1.807) is 0 Å². The first kappa shape index (κ1) is 31.3. The van der Waals surface area contributed by atoms with Crippen LogP contribution in [0.3, 0.4) is 0 Å². The lowest BCUT2D eigenvalue weighted by atomic mass is 9.73. The zero-order valence-corrected chi connectivity index (χ0v) is 26.8. The molecular formula is C39H51N5O. The van der Waals surface area contributed by atoms with Crippen molar-refractivity contribution in [3.8, 4) is 11.1 Å². The normalized spacial score (nSPS) is 24.5. The van der Waals surface area contributed by atoms with Crippen LogP contribution in [0.1, 0.15) is 100 Å². The Bertz CT molecular complexity index is 1440. The minimum atomic E-state index is -0.700. The zero-order chi connectivity index (χ0) is 31.2. The van der Waals surface area contributed by atoms with Crippen molar-refractivity contribution >= 4 is 17.4 Å². The largest absolute Gasteiger partial charge is 0.384 e. The average Bonchev–Trinajstić information content (AvgIpc) is 3.39. The molecule has 1 heterocycles. The predicted molar refractivity (Wildman–Crippen MR) is 185 cm³/mol. The molecule has 6 N–H and O–H groups in total. The standard InChI is InChI=1S/C39H51N5O/c40-34-21-23-35(24-22-34)43-38(45)39(33-13-9-4-2-1-3-5-10-14-33)26-32-20-19-31(37(41)42)25-36(32)44(39)27-28-15-17-30(18-16-28)29-11-7-6-8-12-29/h6-8,11-12,15-20,25,33-35H,1-5,9-10,13-14,21-24,26-27,40H2,(H3,41,42)(H,43,45)/t34-,35-,39?. The van der Waals surface area contributed by atoms with Crippen molar-refractivity contribution in [3.05, 3.63) is 89.5 Å². The topological polar surface area (TPSA) is 108 Å². The van der Waals surface area contributed by atoms with Crippen molar-refractivity contribution in [2.75, 3.05) is 4.90 Å². The summed E-state index contributed by atoms with van der Waals surface area (Å²) < 4.78 is 0. The van der Waals surface area contributed by atoms with Crippen molar-refractivity contribution in [2.24, 2.45) is 17.4 Å². The number of amidine groups is 1. The molecule has 6 nitrogen and oxygen atoms in total. The fraction of sp³-hybridized carbons (Fsp3) is 0.487. The molecule has 1 amide bonds. The highest BCUT2D eigenvalue weighted by molar-refractivity contribution is 5.98. The van der Waals surface area contributed by atoms with Crippen molar-refractivity contribution in [2.45, 2.75) is 114 Å². The highest BCUT2D eigenvalue weighted by atomic mass is 16.2. The number of nitrogens with one attached hydrogen (secondary N) is 2. The van der Waals surface area contributed by atoms with Crippen LogP contribution >= 0.6 is 0 Å². The molecule has 2 aliphatic carbocycles. The van der Waals surface area contributed by atoms with Gasteiger partial charge in [0.1, 0.15) is 11.4 Å². The molecule has 1 atom stereocenters. The van der Waals surface area contributed by atoms with E-state index in [1.165, 1.54) is 54.4 Å². The van der Waals surface area contributed by atoms with Gasteiger partial charge in [0, 0.05) is 36.3 Å². The third kappa shape index (κ3) is 6.96. The number of nitrogen functional groups attached to an aromatic ring is 1. The van der Waals surface area contributed by atoms with Gasteiger partial charge in [-0.15, -0.1) is 0 Å². The van der Waals surface area contributed by atoms with E-state index in [4.69, 9.17) is 16.9 Å². The molecular weight excluding hydrogens is 554 g/mol. The lowest BCUT2D eigenvalue weighted by Gasteiger charge is -2.46. The van der Waals surface area contributed by atoms with Gasteiger partial charge in [0.2, 0.25) is 5.91 Å². The maximum Gasteiger partial charge on any atom is 0.246 e. The summed E-state index contributed by atoms with van der Waals surface area (Å²) >= 11 is 0. The summed E-state index contributed by atoms with van der Waals surface area (Å²) in [7, 11) is 0. The van der Waals surface area contributed by atoms with Gasteiger partial charge >= 0.3 is 0 Å². The van der Waals surface area contributed by atoms with Gasteiger partial charge in [0.15, 0.2) is 0 Å². The molecule has 0 radical (unpaired) electrons. The van der Waals surface area contributed by atoms with Gasteiger partial charge in [0.05, 0.1) is 0 Å². The smallest absolute Gasteiger partial charge is 0.246 e. The van der Waals surface area contributed by atoms with E-state index >= 15 is 4.79 Å². The summed E-state index contributed by atoms with van der Waals surface area (Å²) in [6.07, 6.45) is 15.3. The highest BCUT2D eigenvalue weighted by Gasteiger charge is 2.54. The van der Waals surface area contributed by atoms with Crippen LogP contribution in [0.15, 0.2) is 72.8 Å². The van der Waals surface area contributed by atoms with Gasteiger partial charge in [-0.05, 0) is 72.8 Å². The Hall–Kier alpha value is -3.64. The van der Waals surface area contributed by atoms with Gasteiger partial charge in [-0.25, -0.2) is 0 Å². The van der Waals surface area contributed by atoms with Crippen LogP contribution in [0.2, 0.25) is 0 Å². The predicted octanol–water partition coefficient (Wildman–Crippen LogP) is 7.47. The zero-order valence-electron chi connectivity index (χ0n) is 26.8. The third-order valence-corrected chi connectivity index (χ3v) is 10.8. The fourth-order valence-electron chi connectivity index (χ4n) is 8.19. The number of hydrogen-bond acceptors (Lipinski definition) is 4. The molecule has 45 heavy (non-hydrogen) atoms. The molecule has 0 bridgehead atoms. The van der Waals surface area contributed by atoms with Gasteiger partial charge in [-0.1, -0.05) is 112 Å². The Morgan fingerprint density at radius 3 is 2.07 bits per heavy atom. The first-order valence-electron chi connectivity index (χ1n) is 17.4. The quantitative estimate of drug-likeness (QED) is 0.166. The molecule has 0 spiro atoms. The maximum absolute atomic E-state index is 15.0. The highest BCUT2D eigenvalue weighted by Crippen LogP contribution is 2.48. The molecule has 3 aliphatic rings. The molecule has 0 saturated heterocycles. The third-order valence-electron chi connectivity index (χ3n) is 10.8. The number of carbonyl (C=O) groups excluding carboxylic acids is 1. The van der Waals surface area contributed by atoms with Crippen molar-refractivity contribution in [3.63, 3.8) is 0 Å². The summed E-state index contributed by atoms with van der Waals surface area (Å²) in [4.78, 5) is 17.5. The van der Waals surface area contributed by atoms with Crippen LogP contribution in [0.25, 0.3) is 11.1 Å². The number of carbonyl (C=O) groups is 1. The summed E-state index contributed by atoms with van der Waals surface area (Å²) in [5.41, 5.74) is 18.1. The van der Waals surface area contributed by atoms with E-state index in [2.05, 4.69) is 70.9 Å². The molecule has 238 valence electrons. The van der Waals surface area contributed by atoms with Crippen LogP contribution < -0.4 is 21.7 Å². The van der Waals surface area contributed by atoms with Crippen LogP contribution in [0.5, 0.6) is 0 Å². The number of fused-ring (bicyclic) bond motifs is 1. The van der Waals surface area contributed by atoms with Crippen LogP contribution in [-0.2, 0) is 17.8 Å². The van der Waals surface area contributed by atoms with E-state index in [0.717, 1.165) is 57.1 Å². The lowest BCUT2D eigenvalue weighted by Crippen LogP contribution is -2.63. The number of anilines is 1. The van der Waals surface area contributed by atoms with E-state index < -0.39 is 5.54 Å². The van der Waals surface area contributed by atoms with E-state index in [1.807, 2.05) is 12.1 Å². The monoisotopic (exact) mass is 605 g/mol. The molecule has 1 aliphatic heterocycles. The van der Waals surface area contributed by atoms with E-state index in [9.17, 15) is 0 Å². The first-order valence-corrected chi connectivity index (χ1v) is 17.4. The Morgan fingerprint density at radius 2 is 1.42 bits per heavy atom. The number of benzene rings is 3. The average molecular weight is 606 g/mol. The van der Waals surface area contributed by atoms with E-state index in [-0.39, 0.29) is 29.7 Å². The van der Waals surface area contributed by atoms with Crippen LogP contribution in [0.4, 0.5) is 5.69 Å². The second-order valence-corrected chi connectivity index (χ2v) is 13.8. The Kier molecular flexibility index (Phi) is 9.89. The van der Waals surface area contributed by atoms with Gasteiger partial charge < -0.3 is 21.7 Å². The van der Waals surface area contributed by atoms with Crippen molar-refractivity contribution in [1.29, 1.82) is 5.41 Å². The Morgan fingerprint density at radius 1 is 0.800 bits per heavy atom. The minimum Gasteiger partial charge on any atom is -0.384 e. The fourth-order valence-corrected chi connectivity index (χ4v) is 8.19. The first-order chi connectivity index (χ1) is 21.9. The van der Waals surface area contributed by atoms with Gasteiger partial charge in [-0.3, -0.25) is 10.2 Å². The Labute approximate surface area is 269 Å². The summed E-state index contributed by atoms with van der Waals surface area (Å²) in [6, 6.07) is 25.8. The molecule has 3 aromatic carbocycles. The number of nitrogens with two attached hydrogens (primary N) is 2. The van der Waals surface area contributed by atoms with Crippen molar-refractivity contribution < 1.29 is 4.79 Å². The lowest BCUT2D eigenvalue weighted by molar-refractivity contribution is -0.129. The number of rotatable bonds is 7. The molecule has 3 aromatic rings. The van der Waals surface area contributed by atoms with Gasteiger partial charge in [-0.2, -0.15) is 0 Å². The van der Waals surface area contributed by atoms with Crippen LogP contribution in [-0.4, -0.2) is 29.4 Å². The maximum atomic E-state index is 15.0. The van der Waals surface area contributed by atoms with E-state index in [0.29, 0.717) is 18.5 Å². The summed E-state index contributed by atoms with van der Waals surface area (Å²) in [5.74, 6) is 0.467. The molecule has 0 aromatic heterocycles. The number of hydrogen-bond donors (Lipinski definition) is 4. The molecule has 6 rings (SSSR count). The Balaban J connectivity index is 1.41. The summed E-state index contributed by atoms with van der Waals surface area (Å²) in [6.45, 7) is 0.628. The molecule has 6 heteroatoms. The van der Waals surface area contributed by atoms with Gasteiger partial charge in [0.25, 0.3) is 0 Å². The number of nitrogens with zero attached hydrogens (tertiary/aromatic N) is 1. The second-order valence-electron chi connectivity index (χ2n) is 13.8. The van der Waals surface area contributed by atoms with Crippen molar-refractivity contribution in [1.82, 2.24) is 5.32 Å². The molecule has 1 unspecified atom stereocenters. The molecule has 2 fully saturated rings. The second kappa shape index (κ2) is 14.2. The van der Waals surface area contributed by atoms with Crippen LogP contribution in [0, 0.1) is 11.3 Å².